The maximum absolute atomic E-state index is 12.6. The first kappa shape index (κ1) is 21.5. The van der Waals surface area contributed by atoms with Gasteiger partial charge in [0, 0.05) is 41.4 Å². The standard InChI is InChI=1S/C22H27BrN2O4/c1-3-29-22(26)21(24-18-6-4-17(23)5-7-18)14-16-12-19(15-20(13-16)27-2)25-8-10-28-11-9-25/h4-7,12-13,15,21,24H,3,8-11,14H2,1-2H3. The van der Waals surface area contributed by atoms with E-state index in [-0.39, 0.29) is 5.97 Å². The Hall–Kier alpha value is -2.25. The fraction of sp³-hybridized carbons (Fsp3) is 0.409. The first-order valence-corrected chi connectivity index (χ1v) is 10.6. The normalized spacial score (nSPS) is 14.9. The molecule has 0 radical (unpaired) electrons. The van der Waals surface area contributed by atoms with Crippen molar-refractivity contribution in [3.8, 4) is 5.75 Å². The highest BCUT2D eigenvalue weighted by molar-refractivity contribution is 9.10. The van der Waals surface area contributed by atoms with Crippen LogP contribution in [0.1, 0.15) is 12.5 Å². The second kappa shape index (κ2) is 10.5. The molecule has 0 aromatic heterocycles. The first-order valence-electron chi connectivity index (χ1n) is 9.78. The number of hydrogen-bond acceptors (Lipinski definition) is 6. The summed E-state index contributed by atoms with van der Waals surface area (Å²) in [6, 6.07) is 13.3. The van der Waals surface area contributed by atoms with Gasteiger partial charge in [-0.05, 0) is 48.9 Å². The summed E-state index contributed by atoms with van der Waals surface area (Å²) in [4.78, 5) is 14.9. The average Bonchev–Trinajstić information content (AvgIpc) is 2.75. The molecule has 7 heteroatoms. The minimum atomic E-state index is -0.499. The van der Waals surface area contributed by atoms with Gasteiger partial charge in [0.1, 0.15) is 11.8 Å². The van der Waals surface area contributed by atoms with Gasteiger partial charge in [0.2, 0.25) is 0 Å². The molecule has 0 spiro atoms. The predicted molar refractivity (Wildman–Crippen MR) is 118 cm³/mol. The highest BCUT2D eigenvalue weighted by Crippen LogP contribution is 2.26. The molecule has 1 saturated heterocycles. The Morgan fingerprint density at radius 2 is 1.93 bits per heavy atom. The van der Waals surface area contributed by atoms with Crippen molar-refractivity contribution in [2.24, 2.45) is 0 Å². The molecule has 156 valence electrons. The lowest BCUT2D eigenvalue weighted by atomic mass is 10.0. The van der Waals surface area contributed by atoms with E-state index in [1.807, 2.05) is 43.3 Å². The lowest BCUT2D eigenvalue weighted by Gasteiger charge is -2.29. The summed E-state index contributed by atoms with van der Waals surface area (Å²) in [5.41, 5.74) is 2.95. The quantitative estimate of drug-likeness (QED) is 0.600. The highest BCUT2D eigenvalue weighted by atomic mass is 79.9. The van der Waals surface area contributed by atoms with Crippen molar-refractivity contribution in [1.82, 2.24) is 0 Å². The maximum atomic E-state index is 12.6. The molecule has 2 aromatic rings. The van der Waals surface area contributed by atoms with Gasteiger partial charge in [-0.1, -0.05) is 15.9 Å². The van der Waals surface area contributed by atoms with Gasteiger partial charge in [0.15, 0.2) is 0 Å². The van der Waals surface area contributed by atoms with Crippen LogP contribution in [0.4, 0.5) is 11.4 Å². The van der Waals surface area contributed by atoms with Crippen LogP contribution in [0, 0.1) is 0 Å². The fourth-order valence-corrected chi connectivity index (χ4v) is 3.57. The van der Waals surface area contributed by atoms with Gasteiger partial charge in [0.25, 0.3) is 0 Å². The molecule has 6 nitrogen and oxygen atoms in total. The van der Waals surface area contributed by atoms with Crippen LogP contribution in [0.25, 0.3) is 0 Å². The number of rotatable bonds is 8. The molecule has 1 aliphatic rings. The number of halogens is 1. The van der Waals surface area contributed by atoms with Crippen LogP contribution in [-0.2, 0) is 20.7 Å². The van der Waals surface area contributed by atoms with E-state index in [1.54, 1.807) is 7.11 Å². The van der Waals surface area contributed by atoms with E-state index >= 15 is 0 Å². The Labute approximate surface area is 180 Å². The van der Waals surface area contributed by atoms with Crippen molar-refractivity contribution in [2.75, 3.05) is 50.2 Å². The molecular weight excluding hydrogens is 436 g/mol. The summed E-state index contributed by atoms with van der Waals surface area (Å²) >= 11 is 3.43. The molecule has 0 bridgehead atoms. The fourth-order valence-electron chi connectivity index (χ4n) is 3.30. The van der Waals surface area contributed by atoms with Gasteiger partial charge in [-0.15, -0.1) is 0 Å². The van der Waals surface area contributed by atoms with E-state index in [0.717, 1.165) is 40.2 Å². The van der Waals surface area contributed by atoms with Crippen LogP contribution < -0.4 is 15.0 Å². The number of ether oxygens (including phenoxy) is 3. The number of esters is 1. The van der Waals surface area contributed by atoms with Gasteiger partial charge in [-0.2, -0.15) is 0 Å². The molecule has 1 aliphatic heterocycles. The number of nitrogens with one attached hydrogen (secondary N) is 1. The van der Waals surface area contributed by atoms with Crippen molar-refractivity contribution in [3.05, 3.63) is 52.5 Å². The van der Waals surface area contributed by atoms with Gasteiger partial charge in [0.05, 0.1) is 26.9 Å². The molecule has 0 aliphatic carbocycles. The van der Waals surface area contributed by atoms with Crippen LogP contribution in [0.15, 0.2) is 46.9 Å². The third kappa shape index (κ3) is 6.11. The molecule has 1 unspecified atom stereocenters. The van der Waals surface area contributed by atoms with Crippen molar-refractivity contribution in [2.45, 2.75) is 19.4 Å². The molecule has 1 heterocycles. The zero-order valence-electron chi connectivity index (χ0n) is 16.8. The molecule has 3 rings (SSSR count). The van der Waals surface area contributed by atoms with E-state index < -0.39 is 6.04 Å². The second-order valence-corrected chi connectivity index (χ2v) is 7.71. The van der Waals surface area contributed by atoms with E-state index in [0.29, 0.717) is 26.2 Å². The summed E-state index contributed by atoms with van der Waals surface area (Å²) < 4.78 is 17.3. The first-order chi connectivity index (χ1) is 14.1. The summed E-state index contributed by atoms with van der Waals surface area (Å²) in [7, 11) is 1.66. The predicted octanol–water partition coefficient (Wildman–Crippen LogP) is 3.88. The van der Waals surface area contributed by atoms with Crippen LogP contribution in [0.3, 0.4) is 0 Å². The lowest BCUT2D eigenvalue weighted by Crippen LogP contribution is -2.36. The number of hydrogen-bond donors (Lipinski definition) is 1. The number of carbonyl (C=O) groups excluding carboxylic acids is 1. The summed E-state index contributed by atoms with van der Waals surface area (Å²) in [6.07, 6.45) is 0.490. The Kier molecular flexibility index (Phi) is 7.77. The molecule has 29 heavy (non-hydrogen) atoms. The topological polar surface area (TPSA) is 60.0 Å². The smallest absolute Gasteiger partial charge is 0.328 e. The molecule has 0 amide bonds. The number of benzene rings is 2. The SMILES string of the molecule is CCOC(=O)C(Cc1cc(OC)cc(N2CCOCC2)c1)Nc1ccc(Br)cc1. The molecule has 1 fully saturated rings. The largest absolute Gasteiger partial charge is 0.497 e. The monoisotopic (exact) mass is 462 g/mol. The molecule has 1 atom stereocenters. The number of nitrogens with zero attached hydrogens (tertiary/aromatic N) is 1. The van der Waals surface area contributed by atoms with E-state index in [1.165, 1.54) is 0 Å². The second-order valence-electron chi connectivity index (χ2n) is 6.80. The Morgan fingerprint density at radius 1 is 1.21 bits per heavy atom. The Bertz CT molecular complexity index is 807. The maximum Gasteiger partial charge on any atom is 0.328 e. The van der Waals surface area contributed by atoms with Crippen molar-refractivity contribution in [1.29, 1.82) is 0 Å². The van der Waals surface area contributed by atoms with Crippen molar-refractivity contribution in [3.63, 3.8) is 0 Å². The van der Waals surface area contributed by atoms with Gasteiger partial charge in [-0.3, -0.25) is 0 Å². The average molecular weight is 463 g/mol. The Balaban J connectivity index is 1.83. The molecule has 2 aromatic carbocycles. The van der Waals surface area contributed by atoms with Crippen molar-refractivity contribution < 1.29 is 19.0 Å². The summed E-state index contributed by atoms with van der Waals surface area (Å²) in [5, 5.41) is 3.31. The van der Waals surface area contributed by atoms with Crippen LogP contribution in [0.5, 0.6) is 5.75 Å². The van der Waals surface area contributed by atoms with Gasteiger partial charge >= 0.3 is 5.97 Å². The third-order valence-corrected chi connectivity index (χ3v) is 5.29. The van der Waals surface area contributed by atoms with Crippen LogP contribution >= 0.6 is 15.9 Å². The van der Waals surface area contributed by atoms with Crippen LogP contribution in [0.2, 0.25) is 0 Å². The number of morpholine rings is 1. The number of anilines is 2. The minimum absolute atomic E-state index is 0.272. The van der Waals surface area contributed by atoms with Crippen molar-refractivity contribution >= 4 is 33.3 Å². The highest BCUT2D eigenvalue weighted by Gasteiger charge is 2.22. The Morgan fingerprint density at radius 3 is 2.59 bits per heavy atom. The van der Waals surface area contributed by atoms with Crippen LogP contribution in [-0.4, -0.2) is 52.0 Å². The summed E-state index contributed by atoms with van der Waals surface area (Å²) in [6.45, 7) is 5.26. The third-order valence-electron chi connectivity index (χ3n) is 4.76. The molecule has 1 N–H and O–H groups in total. The van der Waals surface area contributed by atoms with Gasteiger partial charge < -0.3 is 24.4 Å². The summed E-state index contributed by atoms with van der Waals surface area (Å²) in [5.74, 6) is 0.501. The van der Waals surface area contributed by atoms with E-state index in [2.05, 4.69) is 32.2 Å². The van der Waals surface area contributed by atoms with E-state index in [9.17, 15) is 4.79 Å². The van der Waals surface area contributed by atoms with E-state index in [4.69, 9.17) is 14.2 Å². The number of methoxy groups -OCH3 is 1. The molecular formula is C22H27BrN2O4. The zero-order valence-corrected chi connectivity index (χ0v) is 18.4. The lowest BCUT2D eigenvalue weighted by molar-refractivity contribution is -0.144. The zero-order chi connectivity index (χ0) is 20.6. The van der Waals surface area contributed by atoms with Gasteiger partial charge in [-0.25, -0.2) is 4.79 Å². The number of carbonyl (C=O) groups is 1. The molecule has 0 saturated carbocycles. The minimum Gasteiger partial charge on any atom is -0.497 e.